The third kappa shape index (κ3) is 3.61. The number of aromatic nitrogens is 3. The van der Waals surface area contributed by atoms with E-state index in [1.54, 1.807) is 6.07 Å². The lowest BCUT2D eigenvalue weighted by molar-refractivity contribution is 0.102. The summed E-state index contributed by atoms with van der Waals surface area (Å²) in [7, 11) is 0. The Bertz CT molecular complexity index is 1270. The predicted molar refractivity (Wildman–Crippen MR) is 118 cm³/mol. The van der Waals surface area contributed by atoms with Crippen molar-refractivity contribution in [3.8, 4) is 11.3 Å². The summed E-state index contributed by atoms with van der Waals surface area (Å²) in [6.45, 7) is 7.33. The highest BCUT2D eigenvalue weighted by Gasteiger charge is 2.16. The number of nitrogens with zero attached hydrogens (tertiary/aromatic N) is 2. The molecule has 0 bridgehead atoms. The number of nitrogens with one attached hydrogen (secondary N) is 2. The molecule has 0 fully saturated rings. The van der Waals surface area contributed by atoms with E-state index >= 15 is 0 Å². The van der Waals surface area contributed by atoms with Gasteiger partial charge in [0, 0.05) is 45.8 Å². The van der Waals surface area contributed by atoms with E-state index in [9.17, 15) is 9.59 Å². The van der Waals surface area contributed by atoms with Crippen molar-refractivity contribution in [1.29, 1.82) is 0 Å². The highest BCUT2D eigenvalue weighted by Crippen LogP contribution is 2.30. The van der Waals surface area contributed by atoms with Gasteiger partial charge in [-0.1, -0.05) is 25.1 Å². The molecule has 4 aromatic rings. The number of aromatic amines is 1. The lowest BCUT2D eigenvalue weighted by Gasteiger charge is -2.07. The number of hydrogen-bond donors (Lipinski definition) is 2. The zero-order chi connectivity index (χ0) is 20.5. The Labute approximate surface area is 172 Å². The quantitative estimate of drug-likeness (QED) is 0.503. The van der Waals surface area contributed by atoms with Crippen molar-refractivity contribution in [1.82, 2.24) is 14.5 Å². The number of para-hydroxylation sites is 1. The molecule has 0 aliphatic carbocycles. The molecule has 1 aromatic carbocycles. The molecular formula is C22H22N4O2S. The number of amides is 1. The molecular weight excluding hydrogens is 384 g/mol. The maximum Gasteiger partial charge on any atom is 0.258 e. The van der Waals surface area contributed by atoms with Gasteiger partial charge < -0.3 is 9.55 Å². The van der Waals surface area contributed by atoms with E-state index in [-0.39, 0.29) is 11.5 Å². The minimum Gasteiger partial charge on any atom is -0.348 e. The van der Waals surface area contributed by atoms with E-state index < -0.39 is 0 Å². The second-order valence-electron chi connectivity index (χ2n) is 7.02. The second-order valence-corrected chi connectivity index (χ2v) is 7.88. The van der Waals surface area contributed by atoms with Gasteiger partial charge in [0.25, 0.3) is 5.91 Å². The monoisotopic (exact) mass is 406 g/mol. The Morgan fingerprint density at radius 1 is 1.24 bits per heavy atom. The van der Waals surface area contributed by atoms with Crippen LogP contribution in [-0.4, -0.2) is 20.4 Å². The summed E-state index contributed by atoms with van der Waals surface area (Å²) >= 11 is 1.38. The predicted octanol–water partition coefficient (Wildman–Crippen LogP) is 4.73. The van der Waals surface area contributed by atoms with Gasteiger partial charge in [0.15, 0.2) is 5.13 Å². The first-order valence-corrected chi connectivity index (χ1v) is 10.4. The Balaban J connectivity index is 1.63. The molecule has 0 spiro atoms. The first kappa shape index (κ1) is 19.1. The van der Waals surface area contributed by atoms with Crippen LogP contribution in [0.15, 0.2) is 46.6 Å². The number of carbonyl (C=O) groups excluding carboxylic acids is 1. The van der Waals surface area contributed by atoms with Crippen molar-refractivity contribution in [3.05, 3.63) is 69.1 Å². The average molecular weight is 407 g/mol. The molecule has 0 aliphatic heterocycles. The lowest BCUT2D eigenvalue weighted by Crippen LogP contribution is -2.16. The number of pyridine rings is 1. The van der Waals surface area contributed by atoms with Crippen LogP contribution in [0.3, 0.4) is 0 Å². The molecule has 4 rings (SSSR count). The summed E-state index contributed by atoms with van der Waals surface area (Å²) in [5.74, 6) is -0.343. The van der Waals surface area contributed by atoms with Crippen LogP contribution in [0.5, 0.6) is 0 Å². The molecule has 148 valence electrons. The summed E-state index contributed by atoms with van der Waals surface area (Å²) in [5, 5.41) is 6.00. The van der Waals surface area contributed by atoms with Crippen LogP contribution < -0.4 is 10.9 Å². The number of benzene rings is 1. The van der Waals surface area contributed by atoms with Gasteiger partial charge in [0.1, 0.15) is 0 Å². The summed E-state index contributed by atoms with van der Waals surface area (Å²) in [5.41, 5.74) is 4.96. The molecule has 0 saturated carbocycles. The SMILES string of the molecule is CCCn1c(C)cc(-c2csc(NC(=O)c3cc(=O)[nH]c4ccccc34)n2)c1C. The minimum atomic E-state index is -0.343. The van der Waals surface area contributed by atoms with Crippen molar-refractivity contribution in [2.45, 2.75) is 33.7 Å². The summed E-state index contributed by atoms with van der Waals surface area (Å²) in [4.78, 5) is 32.1. The van der Waals surface area contributed by atoms with Gasteiger partial charge in [0.2, 0.25) is 5.56 Å². The highest BCUT2D eigenvalue weighted by molar-refractivity contribution is 7.14. The van der Waals surface area contributed by atoms with Gasteiger partial charge in [0.05, 0.1) is 11.3 Å². The molecule has 1 amide bonds. The van der Waals surface area contributed by atoms with Gasteiger partial charge >= 0.3 is 0 Å². The molecule has 3 aromatic heterocycles. The van der Waals surface area contributed by atoms with Crippen molar-refractivity contribution >= 4 is 33.3 Å². The Morgan fingerprint density at radius 2 is 2.03 bits per heavy atom. The third-order valence-electron chi connectivity index (χ3n) is 5.02. The number of rotatable bonds is 5. The van der Waals surface area contributed by atoms with Crippen LogP contribution in [0.4, 0.5) is 5.13 Å². The van der Waals surface area contributed by atoms with Crippen molar-refractivity contribution in [2.24, 2.45) is 0 Å². The Kier molecular flexibility index (Phi) is 5.07. The Morgan fingerprint density at radius 3 is 2.83 bits per heavy atom. The number of anilines is 1. The van der Waals surface area contributed by atoms with E-state index in [0.717, 1.165) is 24.2 Å². The topological polar surface area (TPSA) is 79.8 Å². The largest absolute Gasteiger partial charge is 0.348 e. The standard InChI is InChI=1S/C22H22N4O2S/c1-4-9-26-13(2)10-16(14(26)3)19-12-29-22(24-19)25-21(28)17-11-20(27)23-18-8-6-5-7-15(17)18/h5-8,10-12H,4,9H2,1-3H3,(H,23,27)(H,24,25,28). The number of fused-ring (bicyclic) bond motifs is 1. The zero-order valence-electron chi connectivity index (χ0n) is 16.6. The maximum absolute atomic E-state index is 12.8. The molecule has 6 nitrogen and oxygen atoms in total. The molecule has 0 atom stereocenters. The summed E-state index contributed by atoms with van der Waals surface area (Å²) in [6, 6.07) is 10.7. The van der Waals surface area contributed by atoms with Crippen LogP contribution in [-0.2, 0) is 6.54 Å². The fourth-order valence-electron chi connectivity index (χ4n) is 3.64. The molecule has 7 heteroatoms. The van der Waals surface area contributed by atoms with Gasteiger partial charge in [-0.15, -0.1) is 11.3 Å². The molecule has 0 radical (unpaired) electrons. The smallest absolute Gasteiger partial charge is 0.258 e. The van der Waals surface area contributed by atoms with Crippen LogP contribution in [0.25, 0.3) is 22.2 Å². The van der Waals surface area contributed by atoms with Crippen LogP contribution in [0.1, 0.15) is 35.1 Å². The van der Waals surface area contributed by atoms with Crippen molar-refractivity contribution in [3.63, 3.8) is 0 Å². The van der Waals surface area contributed by atoms with Gasteiger partial charge in [-0.2, -0.15) is 0 Å². The number of thiazole rings is 1. The molecule has 0 saturated heterocycles. The summed E-state index contributed by atoms with van der Waals surface area (Å²) in [6.07, 6.45) is 1.07. The minimum absolute atomic E-state index is 0.308. The number of hydrogen-bond acceptors (Lipinski definition) is 4. The molecule has 0 unspecified atom stereocenters. The molecule has 29 heavy (non-hydrogen) atoms. The Hall–Kier alpha value is -3.19. The van der Waals surface area contributed by atoms with Crippen LogP contribution >= 0.6 is 11.3 Å². The molecule has 2 N–H and O–H groups in total. The van der Waals surface area contributed by atoms with E-state index in [1.165, 1.54) is 28.8 Å². The molecule has 3 heterocycles. The number of aryl methyl sites for hydroxylation is 1. The number of carbonyl (C=O) groups is 1. The first-order chi connectivity index (χ1) is 14.0. The van der Waals surface area contributed by atoms with Gasteiger partial charge in [-0.3, -0.25) is 14.9 Å². The number of H-pyrrole nitrogens is 1. The highest BCUT2D eigenvalue weighted by atomic mass is 32.1. The molecule has 0 aliphatic rings. The van der Waals surface area contributed by atoms with Crippen LogP contribution in [0, 0.1) is 13.8 Å². The lowest BCUT2D eigenvalue weighted by atomic mass is 10.1. The third-order valence-corrected chi connectivity index (χ3v) is 5.77. The zero-order valence-corrected chi connectivity index (χ0v) is 17.4. The maximum atomic E-state index is 12.8. The first-order valence-electron chi connectivity index (χ1n) is 9.54. The summed E-state index contributed by atoms with van der Waals surface area (Å²) < 4.78 is 2.29. The van der Waals surface area contributed by atoms with Crippen LogP contribution in [0.2, 0.25) is 0 Å². The average Bonchev–Trinajstić information content (AvgIpc) is 3.27. The van der Waals surface area contributed by atoms with E-state index in [1.807, 2.05) is 23.6 Å². The van der Waals surface area contributed by atoms with Crippen molar-refractivity contribution in [2.75, 3.05) is 5.32 Å². The normalized spacial score (nSPS) is 11.1. The second kappa shape index (κ2) is 7.67. The van der Waals surface area contributed by atoms with E-state index in [4.69, 9.17) is 0 Å². The van der Waals surface area contributed by atoms with Crippen molar-refractivity contribution < 1.29 is 4.79 Å². The van der Waals surface area contributed by atoms with Gasteiger partial charge in [-0.25, -0.2) is 4.98 Å². The van der Waals surface area contributed by atoms with E-state index in [2.05, 4.69) is 46.7 Å². The fraction of sp³-hybridized carbons (Fsp3) is 0.227. The van der Waals surface area contributed by atoms with E-state index in [0.29, 0.717) is 21.6 Å². The fourth-order valence-corrected chi connectivity index (χ4v) is 4.35. The van der Waals surface area contributed by atoms with Gasteiger partial charge in [-0.05, 0) is 32.4 Å².